The number of hydrogen-bond acceptors (Lipinski definition) is 5. The molecule has 0 radical (unpaired) electrons. The summed E-state index contributed by atoms with van der Waals surface area (Å²) < 4.78 is 0. The number of aromatic nitrogens is 1. The summed E-state index contributed by atoms with van der Waals surface area (Å²) in [6.45, 7) is 0.666. The average Bonchev–Trinajstić information content (AvgIpc) is 2.73. The fraction of sp³-hybridized carbons (Fsp3) is 0.375. The highest BCUT2D eigenvalue weighted by Crippen LogP contribution is 2.40. The standard InChI is InChI=1S/C8H11N3S2/c9-2-1-8(11-3-4-13-8)7-5-12-6-10-7/h3-6,11H,1-2,9H2. The van der Waals surface area contributed by atoms with E-state index in [1.807, 2.05) is 11.7 Å². The van der Waals surface area contributed by atoms with E-state index >= 15 is 0 Å². The molecular weight excluding hydrogens is 202 g/mol. The Morgan fingerprint density at radius 2 is 2.54 bits per heavy atom. The molecule has 1 atom stereocenters. The lowest BCUT2D eigenvalue weighted by Gasteiger charge is -2.26. The maximum absolute atomic E-state index is 5.59. The minimum Gasteiger partial charge on any atom is -0.371 e. The molecule has 1 aromatic heterocycles. The van der Waals surface area contributed by atoms with E-state index in [2.05, 4.69) is 21.1 Å². The molecule has 1 aromatic rings. The van der Waals surface area contributed by atoms with Gasteiger partial charge in [0.05, 0.1) is 11.2 Å². The molecule has 0 aliphatic carbocycles. The zero-order chi connectivity index (χ0) is 9.15. The van der Waals surface area contributed by atoms with E-state index < -0.39 is 0 Å². The first-order chi connectivity index (χ1) is 6.37. The molecule has 0 amide bonds. The van der Waals surface area contributed by atoms with Crippen molar-refractivity contribution in [2.75, 3.05) is 6.54 Å². The molecule has 0 saturated heterocycles. The monoisotopic (exact) mass is 213 g/mol. The quantitative estimate of drug-likeness (QED) is 0.798. The minimum absolute atomic E-state index is 0.102. The number of thiazole rings is 1. The lowest BCUT2D eigenvalue weighted by atomic mass is 10.1. The third-order valence-corrected chi connectivity index (χ3v) is 3.79. The minimum atomic E-state index is -0.102. The Labute approximate surface area is 85.4 Å². The Morgan fingerprint density at radius 1 is 1.62 bits per heavy atom. The number of rotatable bonds is 3. The number of hydrogen-bond donors (Lipinski definition) is 2. The molecule has 13 heavy (non-hydrogen) atoms. The van der Waals surface area contributed by atoms with Crippen molar-refractivity contribution in [2.45, 2.75) is 11.3 Å². The fourth-order valence-electron chi connectivity index (χ4n) is 1.36. The Balaban J connectivity index is 2.24. The van der Waals surface area contributed by atoms with Crippen LogP contribution < -0.4 is 11.1 Å². The summed E-state index contributed by atoms with van der Waals surface area (Å²) >= 11 is 3.36. The van der Waals surface area contributed by atoms with Crippen molar-refractivity contribution < 1.29 is 0 Å². The predicted octanol–water partition coefficient (Wildman–Crippen LogP) is 1.45. The van der Waals surface area contributed by atoms with Gasteiger partial charge in [0.2, 0.25) is 0 Å². The van der Waals surface area contributed by atoms with Crippen molar-refractivity contribution in [2.24, 2.45) is 5.73 Å². The van der Waals surface area contributed by atoms with Gasteiger partial charge in [0.25, 0.3) is 0 Å². The summed E-state index contributed by atoms with van der Waals surface area (Å²) in [6.07, 6.45) is 2.86. The van der Waals surface area contributed by atoms with Gasteiger partial charge < -0.3 is 11.1 Å². The van der Waals surface area contributed by atoms with Gasteiger partial charge in [-0.3, -0.25) is 0 Å². The molecule has 0 saturated carbocycles. The van der Waals surface area contributed by atoms with E-state index in [4.69, 9.17) is 5.73 Å². The Morgan fingerprint density at radius 3 is 3.08 bits per heavy atom. The summed E-state index contributed by atoms with van der Waals surface area (Å²) in [7, 11) is 0. The zero-order valence-electron chi connectivity index (χ0n) is 7.06. The van der Waals surface area contributed by atoms with E-state index in [1.54, 1.807) is 23.1 Å². The van der Waals surface area contributed by atoms with Crippen LogP contribution in [-0.2, 0) is 4.87 Å². The van der Waals surface area contributed by atoms with E-state index in [0.29, 0.717) is 6.54 Å². The van der Waals surface area contributed by atoms with Gasteiger partial charge in [-0.2, -0.15) is 0 Å². The number of nitrogens with one attached hydrogen (secondary N) is 1. The molecule has 0 bridgehead atoms. The van der Waals surface area contributed by atoms with Gasteiger partial charge in [0.1, 0.15) is 4.87 Å². The summed E-state index contributed by atoms with van der Waals surface area (Å²) in [5, 5.41) is 7.44. The van der Waals surface area contributed by atoms with Crippen molar-refractivity contribution in [3.8, 4) is 0 Å². The highest BCUT2D eigenvalue weighted by Gasteiger charge is 2.34. The molecule has 3 nitrogen and oxygen atoms in total. The van der Waals surface area contributed by atoms with Gasteiger partial charge in [0, 0.05) is 11.6 Å². The van der Waals surface area contributed by atoms with Crippen LogP contribution in [0.25, 0.3) is 0 Å². The van der Waals surface area contributed by atoms with Crippen LogP contribution in [0.2, 0.25) is 0 Å². The first-order valence-corrected chi connectivity index (χ1v) is 5.89. The van der Waals surface area contributed by atoms with Crippen LogP contribution in [-0.4, -0.2) is 11.5 Å². The molecule has 5 heteroatoms. The first kappa shape index (κ1) is 9.05. The van der Waals surface area contributed by atoms with Gasteiger partial charge in [-0.1, -0.05) is 11.8 Å². The van der Waals surface area contributed by atoms with Crippen LogP contribution in [0, 0.1) is 0 Å². The highest BCUT2D eigenvalue weighted by atomic mass is 32.2. The number of nitrogens with two attached hydrogens (primary N) is 1. The van der Waals surface area contributed by atoms with Crippen LogP contribution in [0.3, 0.4) is 0 Å². The Hall–Kier alpha value is -0.520. The largest absolute Gasteiger partial charge is 0.371 e. The molecule has 2 heterocycles. The molecule has 1 aliphatic rings. The van der Waals surface area contributed by atoms with Gasteiger partial charge in [-0.25, -0.2) is 4.98 Å². The van der Waals surface area contributed by atoms with Crippen molar-refractivity contribution >= 4 is 23.1 Å². The molecule has 1 aliphatic heterocycles. The van der Waals surface area contributed by atoms with Crippen LogP contribution >= 0.6 is 23.1 Å². The molecular formula is C8H11N3S2. The van der Waals surface area contributed by atoms with Crippen LogP contribution in [0.5, 0.6) is 0 Å². The summed E-state index contributed by atoms with van der Waals surface area (Å²) in [4.78, 5) is 4.23. The van der Waals surface area contributed by atoms with Crippen molar-refractivity contribution in [1.29, 1.82) is 0 Å². The normalized spacial score (nSPS) is 26.2. The van der Waals surface area contributed by atoms with Gasteiger partial charge in [0.15, 0.2) is 0 Å². The van der Waals surface area contributed by atoms with Crippen LogP contribution in [0.1, 0.15) is 12.1 Å². The Kier molecular flexibility index (Phi) is 2.57. The van der Waals surface area contributed by atoms with E-state index in [-0.39, 0.29) is 4.87 Å². The van der Waals surface area contributed by atoms with E-state index in [9.17, 15) is 0 Å². The summed E-state index contributed by atoms with van der Waals surface area (Å²) in [6, 6.07) is 0. The molecule has 0 spiro atoms. The second kappa shape index (κ2) is 3.69. The number of thioether (sulfide) groups is 1. The van der Waals surface area contributed by atoms with Crippen molar-refractivity contribution in [3.63, 3.8) is 0 Å². The van der Waals surface area contributed by atoms with Crippen LogP contribution in [0.15, 0.2) is 22.5 Å². The number of nitrogens with zero attached hydrogens (tertiary/aromatic N) is 1. The SMILES string of the molecule is NCCC1(c2cscn2)NC=CS1. The van der Waals surface area contributed by atoms with Gasteiger partial charge >= 0.3 is 0 Å². The van der Waals surface area contributed by atoms with Gasteiger partial charge in [-0.15, -0.1) is 11.3 Å². The highest BCUT2D eigenvalue weighted by molar-refractivity contribution is 8.03. The molecule has 0 aromatic carbocycles. The molecule has 3 N–H and O–H groups in total. The lowest BCUT2D eigenvalue weighted by Crippen LogP contribution is -2.35. The summed E-state index contributed by atoms with van der Waals surface area (Å²) in [5.41, 5.74) is 8.53. The summed E-state index contributed by atoms with van der Waals surface area (Å²) in [5.74, 6) is 0. The zero-order valence-corrected chi connectivity index (χ0v) is 8.70. The second-order valence-electron chi connectivity index (χ2n) is 2.80. The average molecular weight is 213 g/mol. The van der Waals surface area contributed by atoms with Gasteiger partial charge in [-0.05, 0) is 18.4 Å². The predicted molar refractivity (Wildman–Crippen MR) is 57.3 cm³/mol. The third kappa shape index (κ3) is 1.59. The maximum atomic E-state index is 5.59. The second-order valence-corrected chi connectivity index (χ2v) is 4.73. The topological polar surface area (TPSA) is 50.9 Å². The Bertz CT molecular complexity index is 286. The first-order valence-electron chi connectivity index (χ1n) is 4.07. The van der Waals surface area contributed by atoms with Crippen LogP contribution in [0.4, 0.5) is 0 Å². The molecule has 1 unspecified atom stereocenters. The fourth-order valence-corrected chi connectivity index (χ4v) is 3.03. The smallest absolute Gasteiger partial charge is 0.132 e. The van der Waals surface area contributed by atoms with Crippen molar-refractivity contribution in [1.82, 2.24) is 10.3 Å². The van der Waals surface area contributed by atoms with E-state index in [0.717, 1.165) is 12.1 Å². The molecule has 2 rings (SSSR count). The third-order valence-electron chi connectivity index (χ3n) is 2.00. The molecule has 0 fully saturated rings. The van der Waals surface area contributed by atoms with E-state index in [1.165, 1.54) is 0 Å². The lowest BCUT2D eigenvalue weighted by molar-refractivity contribution is 0.519. The molecule has 70 valence electrons. The van der Waals surface area contributed by atoms with Crippen molar-refractivity contribution in [3.05, 3.63) is 28.2 Å². The maximum Gasteiger partial charge on any atom is 0.132 e.